The second-order valence-electron chi connectivity index (χ2n) is 4.39. The van der Waals surface area contributed by atoms with Crippen LogP contribution in [0.1, 0.15) is 24.5 Å². The summed E-state index contributed by atoms with van der Waals surface area (Å²) < 4.78 is 10.1. The highest BCUT2D eigenvalue weighted by molar-refractivity contribution is 5.72. The fourth-order valence-corrected chi connectivity index (χ4v) is 2.13. The molecule has 1 aromatic carbocycles. The van der Waals surface area contributed by atoms with Gasteiger partial charge in [0.05, 0.1) is 13.7 Å². The number of nitrogens with one attached hydrogen (secondary N) is 1. The Morgan fingerprint density at radius 1 is 1.37 bits per heavy atom. The Balaban J connectivity index is 2.01. The van der Waals surface area contributed by atoms with Crippen LogP contribution in [0.15, 0.2) is 23.9 Å². The van der Waals surface area contributed by atoms with Crippen LogP contribution in [0, 0.1) is 0 Å². The lowest BCUT2D eigenvalue weighted by atomic mass is 9.95. The molecule has 4 heteroatoms. The van der Waals surface area contributed by atoms with Crippen LogP contribution in [-0.2, 0) is 16.0 Å². The zero-order valence-corrected chi connectivity index (χ0v) is 11.4. The minimum Gasteiger partial charge on any atom is -0.497 e. The molecule has 0 spiro atoms. The van der Waals surface area contributed by atoms with Crippen molar-refractivity contribution < 1.29 is 14.3 Å². The number of benzene rings is 1. The van der Waals surface area contributed by atoms with Gasteiger partial charge >= 0.3 is 5.97 Å². The van der Waals surface area contributed by atoms with E-state index in [1.54, 1.807) is 14.0 Å². The maximum absolute atomic E-state index is 11.3. The molecule has 0 bridgehead atoms. The van der Waals surface area contributed by atoms with Gasteiger partial charge in [0.15, 0.2) is 0 Å². The van der Waals surface area contributed by atoms with Crippen molar-refractivity contribution in [2.45, 2.75) is 19.8 Å². The molecule has 0 saturated carbocycles. The first-order valence-electron chi connectivity index (χ1n) is 6.50. The summed E-state index contributed by atoms with van der Waals surface area (Å²) in [7, 11) is 1.67. The second-order valence-corrected chi connectivity index (χ2v) is 4.39. The zero-order chi connectivity index (χ0) is 13.7. The van der Waals surface area contributed by atoms with E-state index in [9.17, 15) is 4.79 Å². The molecule has 2 rings (SSSR count). The van der Waals surface area contributed by atoms with E-state index in [-0.39, 0.29) is 12.5 Å². The third-order valence-electron chi connectivity index (χ3n) is 3.11. The maximum atomic E-state index is 11.3. The van der Waals surface area contributed by atoms with Crippen LogP contribution in [0.25, 0.3) is 6.08 Å². The lowest BCUT2D eigenvalue weighted by Gasteiger charge is -2.18. The van der Waals surface area contributed by atoms with Gasteiger partial charge < -0.3 is 14.8 Å². The molecule has 0 fully saturated rings. The van der Waals surface area contributed by atoms with Crippen molar-refractivity contribution in [2.75, 3.05) is 20.3 Å². The van der Waals surface area contributed by atoms with Gasteiger partial charge in [-0.25, -0.2) is 0 Å². The highest BCUT2D eigenvalue weighted by atomic mass is 16.5. The van der Waals surface area contributed by atoms with Crippen molar-refractivity contribution in [3.05, 3.63) is 35.0 Å². The van der Waals surface area contributed by atoms with E-state index in [1.807, 2.05) is 12.1 Å². The standard InChI is InChI=1S/C15H19NO3/c1-3-19-15(17)10-16-13-6-4-12-9-14(18-2)7-5-11(12)8-13/h5,7-9,16H,3-4,6,10H2,1-2H3. The van der Waals surface area contributed by atoms with Crippen LogP contribution >= 0.6 is 0 Å². The minimum absolute atomic E-state index is 0.219. The predicted molar refractivity (Wildman–Crippen MR) is 73.9 cm³/mol. The normalized spacial score (nSPS) is 13.3. The van der Waals surface area contributed by atoms with Gasteiger partial charge in [-0.15, -0.1) is 0 Å². The quantitative estimate of drug-likeness (QED) is 0.825. The highest BCUT2D eigenvalue weighted by Gasteiger charge is 2.12. The maximum Gasteiger partial charge on any atom is 0.325 e. The van der Waals surface area contributed by atoms with Gasteiger partial charge in [-0.2, -0.15) is 0 Å². The summed E-state index contributed by atoms with van der Waals surface area (Å²) in [5.74, 6) is 0.666. The van der Waals surface area contributed by atoms with E-state index in [0.717, 1.165) is 24.3 Å². The van der Waals surface area contributed by atoms with Crippen molar-refractivity contribution in [1.29, 1.82) is 0 Å². The van der Waals surface area contributed by atoms with Crippen molar-refractivity contribution >= 4 is 12.0 Å². The van der Waals surface area contributed by atoms with Crippen LogP contribution < -0.4 is 10.1 Å². The van der Waals surface area contributed by atoms with Crippen LogP contribution in [0.3, 0.4) is 0 Å². The molecule has 1 aliphatic rings. The molecule has 0 heterocycles. The Hall–Kier alpha value is -1.97. The molecule has 0 aliphatic heterocycles. The monoisotopic (exact) mass is 261 g/mol. The van der Waals surface area contributed by atoms with E-state index in [4.69, 9.17) is 9.47 Å². The van der Waals surface area contributed by atoms with Crippen molar-refractivity contribution in [3.63, 3.8) is 0 Å². The fourth-order valence-electron chi connectivity index (χ4n) is 2.13. The third kappa shape index (κ3) is 3.50. The molecule has 4 nitrogen and oxygen atoms in total. The van der Waals surface area contributed by atoms with Gasteiger partial charge in [0.2, 0.25) is 0 Å². The van der Waals surface area contributed by atoms with E-state index >= 15 is 0 Å². The molecule has 0 aromatic heterocycles. The topological polar surface area (TPSA) is 47.6 Å². The first-order chi connectivity index (χ1) is 9.22. The number of esters is 1. The molecule has 102 valence electrons. The summed E-state index contributed by atoms with van der Waals surface area (Å²) in [5, 5.41) is 3.13. The van der Waals surface area contributed by atoms with Gasteiger partial charge in [0.1, 0.15) is 12.3 Å². The molecule has 0 saturated heterocycles. The third-order valence-corrected chi connectivity index (χ3v) is 3.11. The van der Waals surface area contributed by atoms with Crippen LogP contribution in [0.4, 0.5) is 0 Å². The minimum atomic E-state index is -0.219. The molecule has 1 aliphatic carbocycles. The molecule has 0 radical (unpaired) electrons. The molecule has 0 atom stereocenters. The Labute approximate surface area is 113 Å². The number of aryl methyl sites for hydroxylation is 1. The van der Waals surface area contributed by atoms with Crippen LogP contribution in [-0.4, -0.2) is 26.2 Å². The smallest absolute Gasteiger partial charge is 0.325 e. The van der Waals surface area contributed by atoms with Crippen molar-refractivity contribution in [1.82, 2.24) is 5.32 Å². The number of carbonyl (C=O) groups excluding carboxylic acids is 1. The molecule has 19 heavy (non-hydrogen) atoms. The summed E-state index contributed by atoms with van der Waals surface area (Å²) in [6, 6.07) is 6.05. The predicted octanol–water partition coefficient (Wildman–Crippen LogP) is 2.13. The Morgan fingerprint density at radius 3 is 2.95 bits per heavy atom. The number of hydrogen-bond donors (Lipinski definition) is 1. The first kappa shape index (κ1) is 13.5. The Bertz CT molecular complexity index is 494. The molecule has 1 aromatic rings. The van der Waals surface area contributed by atoms with Crippen molar-refractivity contribution in [3.8, 4) is 5.75 Å². The van der Waals surface area contributed by atoms with Crippen molar-refractivity contribution in [2.24, 2.45) is 0 Å². The summed E-state index contributed by atoms with van der Waals surface area (Å²) in [4.78, 5) is 11.3. The summed E-state index contributed by atoms with van der Waals surface area (Å²) in [6.07, 6.45) is 3.94. The summed E-state index contributed by atoms with van der Waals surface area (Å²) in [6.45, 7) is 2.45. The molecular formula is C15H19NO3. The van der Waals surface area contributed by atoms with E-state index in [0.29, 0.717) is 6.61 Å². The first-order valence-corrected chi connectivity index (χ1v) is 6.50. The fraction of sp³-hybridized carbons (Fsp3) is 0.400. The lowest BCUT2D eigenvalue weighted by molar-refractivity contribution is -0.141. The number of allylic oxidation sites excluding steroid dienone is 1. The molecule has 0 amide bonds. The Kier molecular flexibility index (Phi) is 4.44. The van der Waals surface area contributed by atoms with Gasteiger partial charge in [-0.1, -0.05) is 6.07 Å². The highest BCUT2D eigenvalue weighted by Crippen LogP contribution is 2.26. The lowest BCUT2D eigenvalue weighted by Crippen LogP contribution is -2.25. The van der Waals surface area contributed by atoms with Crippen LogP contribution in [0.2, 0.25) is 0 Å². The van der Waals surface area contributed by atoms with Crippen LogP contribution in [0.5, 0.6) is 5.75 Å². The van der Waals surface area contributed by atoms with Gasteiger partial charge in [0, 0.05) is 5.70 Å². The van der Waals surface area contributed by atoms with E-state index < -0.39 is 0 Å². The largest absolute Gasteiger partial charge is 0.497 e. The summed E-state index contributed by atoms with van der Waals surface area (Å²) in [5.41, 5.74) is 3.53. The SMILES string of the molecule is CCOC(=O)CNC1=Cc2ccc(OC)cc2CC1. The average Bonchev–Trinajstić information content (AvgIpc) is 2.44. The zero-order valence-electron chi connectivity index (χ0n) is 11.4. The van der Waals surface area contributed by atoms with E-state index in [2.05, 4.69) is 17.5 Å². The molecule has 0 unspecified atom stereocenters. The second kappa shape index (κ2) is 6.27. The van der Waals surface area contributed by atoms with Gasteiger partial charge in [-0.05, 0) is 49.1 Å². The van der Waals surface area contributed by atoms with E-state index in [1.165, 1.54) is 11.1 Å². The molecule has 1 N–H and O–H groups in total. The average molecular weight is 261 g/mol. The number of hydrogen-bond acceptors (Lipinski definition) is 4. The Morgan fingerprint density at radius 2 is 2.21 bits per heavy atom. The number of carbonyl (C=O) groups is 1. The van der Waals surface area contributed by atoms with Gasteiger partial charge in [0.25, 0.3) is 0 Å². The summed E-state index contributed by atoms with van der Waals surface area (Å²) >= 11 is 0. The molecular weight excluding hydrogens is 242 g/mol. The number of rotatable bonds is 5. The van der Waals surface area contributed by atoms with Gasteiger partial charge in [-0.3, -0.25) is 4.79 Å². The number of methoxy groups -OCH3 is 1. The number of fused-ring (bicyclic) bond motifs is 1. The number of ether oxygens (including phenoxy) is 2.